The van der Waals surface area contributed by atoms with Crippen molar-refractivity contribution in [1.29, 1.82) is 0 Å². The summed E-state index contributed by atoms with van der Waals surface area (Å²) in [4.78, 5) is 49.0. The Balaban J connectivity index is 1.81. The first kappa shape index (κ1) is 51.8. The number of thioether (sulfide) groups is 1. The summed E-state index contributed by atoms with van der Waals surface area (Å²) in [6.45, 7) is 2.96. The predicted molar refractivity (Wildman–Crippen MR) is 222 cm³/mol. The number of phosphoric acid groups is 2. The smallest absolute Gasteiger partial charge is 0.459 e. The maximum absolute atomic E-state index is 12.8. The molecule has 1 fully saturated rings. The van der Waals surface area contributed by atoms with Crippen LogP contribution in [0, 0.1) is 0 Å². The summed E-state index contributed by atoms with van der Waals surface area (Å²) in [5.74, 6) is 0.534. The first-order valence-electron chi connectivity index (χ1n) is 21.1. The van der Waals surface area contributed by atoms with Crippen LogP contribution in [0.15, 0.2) is 17.1 Å². The number of hydrogen-bond acceptors (Lipinski definition) is 14. The molecule has 2 heterocycles. The molecule has 2 rings (SSSR count). The van der Waals surface area contributed by atoms with Crippen molar-refractivity contribution in [3.8, 4) is 0 Å². The minimum absolute atomic E-state index is 0.0785. The van der Waals surface area contributed by atoms with Gasteiger partial charge in [-0.25, -0.2) is 13.9 Å². The van der Waals surface area contributed by atoms with Crippen molar-refractivity contribution in [3.63, 3.8) is 0 Å². The Hall–Kier alpha value is -1.36. The topological polar surface area (TPSA) is 239 Å². The summed E-state index contributed by atoms with van der Waals surface area (Å²) < 4.78 is 51.6. The molecular weight excluding hydrogens is 800 g/mol. The number of nitrogens with two attached hydrogens (primary N) is 1. The van der Waals surface area contributed by atoms with Gasteiger partial charge in [0.05, 0.1) is 13.2 Å². The minimum Gasteiger partial charge on any atom is -0.459 e. The Morgan fingerprint density at radius 2 is 1.33 bits per heavy atom. The third kappa shape index (κ3) is 23.3. The number of anilines is 1. The Kier molecular flexibility index (Phi) is 27.1. The zero-order valence-corrected chi connectivity index (χ0v) is 36.8. The molecule has 0 saturated carbocycles. The van der Waals surface area contributed by atoms with Crippen molar-refractivity contribution >= 4 is 39.2 Å². The molecule has 16 nitrogen and oxygen atoms in total. The molecule has 0 radical (unpaired) electrons. The van der Waals surface area contributed by atoms with Crippen molar-refractivity contribution in [2.24, 2.45) is 0 Å². The van der Waals surface area contributed by atoms with E-state index in [2.05, 4.69) is 23.1 Å². The molecule has 0 spiro atoms. The largest absolute Gasteiger partial charge is 0.481 e. The van der Waals surface area contributed by atoms with Gasteiger partial charge >= 0.3 is 27.3 Å². The molecule has 4 unspecified atom stereocenters. The van der Waals surface area contributed by atoms with Crippen LogP contribution in [0.1, 0.15) is 161 Å². The summed E-state index contributed by atoms with van der Waals surface area (Å²) in [5, 5.41) is 20.8. The Labute approximate surface area is 343 Å². The van der Waals surface area contributed by atoms with Crippen LogP contribution in [0.2, 0.25) is 0 Å². The van der Waals surface area contributed by atoms with E-state index in [1.807, 2.05) is 0 Å². The molecule has 57 heavy (non-hydrogen) atoms. The highest BCUT2D eigenvalue weighted by Crippen LogP contribution is 2.60. The number of rotatable bonds is 35. The number of aliphatic hydroxyl groups is 2. The predicted octanol–water partition coefficient (Wildman–Crippen LogP) is 7.96. The van der Waals surface area contributed by atoms with E-state index < -0.39 is 71.2 Å². The number of aliphatic hydroxyl groups excluding tert-OH is 2. The molecule has 0 bridgehead atoms. The van der Waals surface area contributed by atoms with E-state index >= 15 is 0 Å². The van der Waals surface area contributed by atoms with E-state index in [4.69, 9.17) is 24.3 Å². The van der Waals surface area contributed by atoms with Gasteiger partial charge in [0.1, 0.15) is 30.2 Å². The molecule has 7 atom stereocenters. The van der Waals surface area contributed by atoms with Gasteiger partial charge in [-0.15, -0.1) is 0 Å². The number of esters is 1. The molecule has 1 aliphatic rings. The fourth-order valence-corrected chi connectivity index (χ4v) is 9.55. The van der Waals surface area contributed by atoms with Gasteiger partial charge in [0.25, 0.3) is 0 Å². The van der Waals surface area contributed by atoms with Crippen LogP contribution >= 0.6 is 27.4 Å². The zero-order valence-electron chi connectivity index (χ0n) is 34.2. The van der Waals surface area contributed by atoms with Crippen LogP contribution in [-0.4, -0.2) is 84.7 Å². The number of carbonyl (C=O) groups excluding carboxylic acids is 1. The molecule has 1 aromatic heterocycles. The van der Waals surface area contributed by atoms with Crippen LogP contribution in [0.25, 0.3) is 0 Å². The van der Waals surface area contributed by atoms with Crippen molar-refractivity contribution in [2.45, 2.75) is 186 Å². The number of carbonyl (C=O) groups is 1. The summed E-state index contributed by atoms with van der Waals surface area (Å²) in [7, 11) is -10.6. The van der Waals surface area contributed by atoms with Gasteiger partial charge < -0.3 is 35.2 Å². The Bertz CT molecular complexity index is 1390. The zero-order chi connectivity index (χ0) is 41.9. The first-order chi connectivity index (χ1) is 27.3. The fourth-order valence-electron chi connectivity index (χ4n) is 6.44. The standard InChI is InChI=1S/C38H71N3O13P2S/c1-3-5-7-9-11-13-14-15-16-17-18-20-22-24-34(42)52-31(30-57-27-23-21-19-12-10-8-6-4-2)28-50-55(46,47)54-56(48,49)51-29-32-35(43)36(44)37(53-32)41-26-25-33(39)40-38(41)45/h25-26,31-32,35-37,43-44H,3-24,27-30H2,1-2H3,(H,46,47)(H,48,49)(H2,39,40,45)/t31?,32-,35-,36+,37?/m1/s1. The van der Waals surface area contributed by atoms with Crippen LogP contribution in [-0.2, 0) is 36.8 Å². The quantitative estimate of drug-likeness (QED) is 0.0247. The summed E-state index contributed by atoms with van der Waals surface area (Å²) in [6.07, 6.45) is 18.8. The highest BCUT2D eigenvalue weighted by molar-refractivity contribution is 7.99. The number of hydrogen-bond donors (Lipinski definition) is 5. The minimum atomic E-state index is -5.31. The van der Waals surface area contributed by atoms with Crippen LogP contribution in [0.5, 0.6) is 0 Å². The van der Waals surface area contributed by atoms with Gasteiger partial charge in [0, 0.05) is 18.4 Å². The number of nitrogen functional groups attached to an aromatic ring is 1. The van der Waals surface area contributed by atoms with Crippen molar-refractivity contribution < 1.29 is 56.8 Å². The molecule has 6 N–H and O–H groups in total. The lowest BCUT2D eigenvalue weighted by atomic mass is 10.0. The van der Waals surface area contributed by atoms with Crippen LogP contribution < -0.4 is 11.4 Å². The molecule has 19 heteroatoms. The maximum atomic E-state index is 12.8. The second kappa shape index (κ2) is 29.8. The molecule has 0 aromatic carbocycles. The van der Waals surface area contributed by atoms with Gasteiger partial charge in [-0.05, 0) is 24.7 Å². The fraction of sp³-hybridized carbons (Fsp3) is 0.868. The van der Waals surface area contributed by atoms with E-state index in [0.29, 0.717) is 6.42 Å². The summed E-state index contributed by atoms with van der Waals surface area (Å²) in [5.41, 5.74) is 4.61. The summed E-state index contributed by atoms with van der Waals surface area (Å²) in [6, 6.07) is 1.27. The van der Waals surface area contributed by atoms with E-state index in [9.17, 15) is 38.7 Å². The van der Waals surface area contributed by atoms with E-state index in [1.54, 1.807) is 0 Å². The number of phosphoric ester groups is 2. The van der Waals surface area contributed by atoms with Gasteiger partial charge in [-0.2, -0.15) is 21.1 Å². The van der Waals surface area contributed by atoms with E-state index in [-0.39, 0.29) is 18.0 Å². The number of unbranched alkanes of at least 4 members (excludes halogenated alkanes) is 19. The average molecular weight is 872 g/mol. The van der Waals surface area contributed by atoms with Gasteiger partial charge in [-0.1, -0.05) is 136 Å². The average Bonchev–Trinajstić information content (AvgIpc) is 3.43. The maximum Gasteiger partial charge on any atom is 0.481 e. The molecule has 1 aromatic rings. The normalized spacial score (nSPS) is 20.9. The second-order valence-corrected chi connectivity index (χ2v) is 19.0. The second-order valence-electron chi connectivity index (χ2n) is 14.9. The van der Waals surface area contributed by atoms with Crippen LogP contribution in [0.3, 0.4) is 0 Å². The highest BCUT2D eigenvalue weighted by atomic mass is 32.2. The molecule has 0 amide bonds. The Morgan fingerprint density at radius 1 is 0.825 bits per heavy atom. The van der Waals surface area contributed by atoms with Crippen molar-refractivity contribution in [1.82, 2.24) is 9.55 Å². The third-order valence-electron chi connectivity index (χ3n) is 9.72. The van der Waals surface area contributed by atoms with Gasteiger partial charge in [-0.3, -0.25) is 18.4 Å². The van der Waals surface area contributed by atoms with Gasteiger partial charge in [0.15, 0.2) is 6.23 Å². The monoisotopic (exact) mass is 871 g/mol. The SMILES string of the molecule is CCCCCCCCCCCCCCCC(=O)OC(COP(=O)(O)OP(=O)(O)OC[C@H]1OC(n2ccc(N)nc2=O)[C@@H](O)[C@@H]1O)CSCCCCCCCCCC. The lowest BCUT2D eigenvalue weighted by Crippen LogP contribution is -2.36. The molecule has 1 saturated heterocycles. The van der Waals surface area contributed by atoms with E-state index in [1.165, 1.54) is 114 Å². The Morgan fingerprint density at radius 3 is 1.88 bits per heavy atom. The van der Waals surface area contributed by atoms with E-state index in [0.717, 1.165) is 48.8 Å². The van der Waals surface area contributed by atoms with Gasteiger partial charge in [0.2, 0.25) is 0 Å². The van der Waals surface area contributed by atoms with Crippen molar-refractivity contribution in [3.05, 3.63) is 22.7 Å². The molecular formula is C38H71N3O13P2S. The number of nitrogens with zero attached hydrogens (tertiary/aromatic N) is 2. The summed E-state index contributed by atoms with van der Waals surface area (Å²) >= 11 is 1.52. The first-order valence-corrected chi connectivity index (χ1v) is 25.2. The lowest BCUT2D eigenvalue weighted by molar-refractivity contribution is -0.149. The lowest BCUT2D eigenvalue weighted by Gasteiger charge is -2.21. The van der Waals surface area contributed by atoms with Crippen LogP contribution in [0.4, 0.5) is 5.82 Å². The van der Waals surface area contributed by atoms with Crippen molar-refractivity contribution in [2.75, 3.05) is 30.5 Å². The number of ether oxygens (including phenoxy) is 2. The molecule has 332 valence electrons. The molecule has 1 aliphatic heterocycles. The number of aromatic nitrogens is 2. The third-order valence-corrected chi connectivity index (χ3v) is 13.5. The highest BCUT2D eigenvalue weighted by Gasteiger charge is 2.46. The molecule has 0 aliphatic carbocycles.